The van der Waals surface area contributed by atoms with Crippen molar-refractivity contribution in [1.82, 2.24) is 0 Å². The SMILES string of the molecule is c1ccc2c(c1)cc(N(c1ccc3c(c1)oc1ccc(-c4ccc5c(c4)oc4cccc(N(c6ccc7c(c6)oc6ccccc67)c6cc7ccccc7c7ccccc67)c45)cc13)c1cccc3c1oc1ccccc13)c1ccccc12. The minimum absolute atomic E-state index is 0.792. The molecule has 0 unspecified atom stereocenters. The maximum Gasteiger partial charge on any atom is 0.159 e. The molecule has 0 amide bonds. The van der Waals surface area contributed by atoms with Crippen LogP contribution in [-0.2, 0) is 0 Å². The van der Waals surface area contributed by atoms with Gasteiger partial charge in [-0.2, -0.15) is 0 Å². The molecule has 0 saturated heterocycles. The zero-order valence-electron chi connectivity index (χ0n) is 43.9. The lowest BCUT2D eigenvalue weighted by molar-refractivity contribution is 0.667. The van der Waals surface area contributed by atoms with Crippen LogP contribution in [0.3, 0.4) is 0 Å². The van der Waals surface area contributed by atoms with Crippen molar-refractivity contribution < 1.29 is 17.7 Å². The highest BCUT2D eigenvalue weighted by atomic mass is 16.3. The standard InChI is InChI=1S/C76H44N2O4/c1-3-17-51-47(15-1)40-66(55-21-7-5-19-53(51)55)77(49-33-36-59-57-23-9-11-28-68(57)79-73(59)43-49)64-26-14-30-71-75(64)62-35-31-46(42-72(62)81-71)45-32-38-70-63(39-45)60-37-34-50(44-74(60)80-70)78(65-27-13-25-61-58-24-10-12-29-69(58)82-76(61)65)67-41-48-16-2-4-18-52(48)54-20-6-8-22-56(54)67/h1-44H. The van der Waals surface area contributed by atoms with E-state index >= 15 is 0 Å². The first-order valence-corrected chi connectivity index (χ1v) is 27.8. The average Bonchev–Trinajstić information content (AvgIpc) is 4.29. The third-order valence-corrected chi connectivity index (χ3v) is 17.0. The van der Waals surface area contributed by atoms with Gasteiger partial charge in [0.25, 0.3) is 0 Å². The van der Waals surface area contributed by atoms with E-state index < -0.39 is 0 Å². The van der Waals surface area contributed by atoms with Crippen molar-refractivity contribution in [2.75, 3.05) is 9.80 Å². The van der Waals surface area contributed by atoms with Crippen LogP contribution in [0.4, 0.5) is 34.1 Å². The van der Waals surface area contributed by atoms with Crippen LogP contribution in [-0.4, -0.2) is 0 Å². The Morgan fingerprint density at radius 3 is 1.30 bits per heavy atom. The summed E-state index contributed by atoms with van der Waals surface area (Å²) in [6.45, 7) is 0. The van der Waals surface area contributed by atoms with Crippen molar-refractivity contribution in [2.24, 2.45) is 0 Å². The number of para-hydroxylation sites is 3. The molecule has 0 aliphatic rings. The van der Waals surface area contributed by atoms with E-state index in [1.165, 1.54) is 21.5 Å². The van der Waals surface area contributed by atoms with Gasteiger partial charge in [0.1, 0.15) is 39.1 Å². The molecule has 0 atom stereocenters. The van der Waals surface area contributed by atoms with Crippen LogP contribution in [0.1, 0.15) is 0 Å². The van der Waals surface area contributed by atoms with Crippen molar-refractivity contribution in [3.05, 3.63) is 267 Å². The van der Waals surface area contributed by atoms with Crippen LogP contribution in [0.25, 0.3) is 142 Å². The molecular weight excluding hydrogens is 1000 g/mol. The highest BCUT2D eigenvalue weighted by Crippen LogP contribution is 2.50. The van der Waals surface area contributed by atoms with Gasteiger partial charge in [0.15, 0.2) is 5.58 Å². The number of benzene rings is 14. The average molecular weight is 1050 g/mol. The molecule has 0 saturated carbocycles. The van der Waals surface area contributed by atoms with Crippen molar-refractivity contribution in [3.8, 4) is 11.1 Å². The highest BCUT2D eigenvalue weighted by molar-refractivity contribution is 6.21. The first-order valence-electron chi connectivity index (χ1n) is 27.8. The molecule has 0 N–H and O–H groups in total. The molecule has 0 aliphatic carbocycles. The summed E-state index contributed by atoms with van der Waals surface area (Å²) in [6, 6.07) is 95.0. The minimum atomic E-state index is 0.792. The first-order chi connectivity index (χ1) is 40.6. The molecule has 4 heterocycles. The lowest BCUT2D eigenvalue weighted by Gasteiger charge is -2.28. The summed E-state index contributed by atoms with van der Waals surface area (Å²) in [5, 5.41) is 17.9. The molecule has 4 aromatic heterocycles. The number of hydrogen-bond donors (Lipinski definition) is 0. The molecule has 18 rings (SSSR count). The van der Waals surface area contributed by atoms with Gasteiger partial charge in [-0.3, -0.25) is 0 Å². The Balaban J connectivity index is 0.779. The summed E-state index contributed by atoms with van der Waals surface area (Å²) in [5.74, 6) is 0. The topological polar surface area (TPSA) is 59.0 Å². The van der Waals surface area contributed by atoms with Crippen LogP contribution in [0, 0.1) is 0 Å². The van der Waals surface area contributed by atoms with Crippen molar-refractivity contribution in [3.63, 3.8) is 0 Å². The fraction of sp³-hybridized carbons (Fsp3) is 0. The number of rotatable bonds is 7. The summed E-state index contributed by atoms with van der Waals surface area (Å²) in [6.07, 6.45) is 0. The number of hydrogen-bond acceptors (Lipinski definition) is 6. The Kier molecular flexibility index (Phi) is 9.41. The maximum absolute atomic E-state index is 6.92. The summed E-state index contributed by atoms with van der Waals surface area (Å²) in [5.41, 5.74) is 14.7. The second-order valence-electron chi connectivity index (χ2n) is 21.5. The van der Waals surface area contributed by atoms with Crippen molar-refractivity contribution in [1.29, 1.82) is 0 Å². The predicted octanol–water partition coefficient (Wildman–Crippen LogP) is 22.5. The Bertz CT molecular complexity index is 5700. The number of anilines is 6. The zero-order valence-corrected chi connectivity index (χ0v) is 43.9. The first kappa shape index (κ1) is 44.9. The van der Waals surface area contributed by atoms with E-state index in [-0.39, 0.29) is 0 Å². The fourth-order valence-electron chi connectivity index (χ4n) is 13.3. The Morgan fingerprint density at radius 1 is 0.207 bits per heavy atom. The monoisotopic (exact) mass is 1050 g/mol. The van der Waals surface area contributed by atoms with Gasteiger partial charge < -0.3 is 27.5 Å². The molecule has 0 spiro atoms. The molecule has 6 nitrogen and oxygen atoms in total. The lowest BCUT2D eigenvalue weighted by Crippen LogP contribution is -2.11. The van der Waals surface area contributed by atoms with Gasteiger partial charge >= 0.3 is 0 Å². The van der Waals surface area contributed by atoms with Crippen molar-refractivity contribution in [2.45, 2.75) is 0 Å². The molecular formula is C76H44N2O4. The van der Waals surface area contributed by atoms with Crippen LogP contribution in [0.5, 0.6) is 0 Å². The molecule has 0 bridgehead atoms. The summed E-state index contributed by atoms with van der Waals surface area (Å²) in [7, 11) is 0. The molecule has 0 fully saturated rings. The smallest absolute Gasteiger partial charge is 0.159 e. The molecule has 14 aromatic carbocycles. The number of nitrogens with zero attached hydrogens (tertiary/aromatic N) is 2. The largest absolute Gasteiger partial charge is 0.456 e. The molecule has 82 heavy (non-hydrogen) atoms. The second kappa shape index (κ2) is 17.2. The van der Waals surface area contributed by atoms with E-state index in [4.69, 9.17) is 17.7 Å². The van der Waals surface area contributed by atoms with Gasteiger partial charge in [0.05, 0.1) is 33.8 Å². The summed E-state index contributed by atoms with van der Waals surface area (Å²) < 4.78 is 27.1. The Hall–Kier alpha value is -11.1. The molecule has 6 heteroatoms. The molecule has 0 radical (unpaired) electrons. The Morgan fingerprint density at radius 2 is 0.634 bits per heavy atom. The third-order valence-electron chi connectivity index (χ3n) is 17.0. The molecule has 18 aromatic rings. The van der Waals surface area contributed by atoms with E-state index in [1.807, 2.05) is 24.3 Å². The second-order valence-corrected chi connectivity index (χ2v) is 21.5. The van der Waals surface area contributed by atoms with Crippen molar-refractivity contribution >= 4 is 165 Å². The van der Waals surface area contributed by atoms with Crippen LogP contribution < -0.4 is 9.80 Å². The normalized spacial score (nSPS) is 12.1. The van der Waals surface area contributed by atoms with E-state index in [2.05, 4.69) is 252 Å². The minimum Gasteiger partial charge on any atom is -0.456 e. The highest BCUT2D eigenvalue weighted by Gasteiger charge is 2.26. The van der Waals surface area contributed by atoms with Gasteiger partial charge in [-0.15, -0.1) is 0 Å². The van der Waals surface area contributed by atoms with Gasteiger partial charge in [-0.05, 0) is 134 Å². The van der Waals surface area contributed by atoms with Gasteiger partial charge in [0.2, 0.25) is 0 Å². The fourth-order valence-corrected chi connectivity index (χ4v) is 13.3. The van der Waals surface area contributed by atoms with Gasteiger partial charge in [-0.25, -0.2) is 0 Å². The van der Waals surface area contributed by atoms with E-state index in [1.54, 1.807) is 0 Å². The van der Waals surface area contributed by atoms with E-state index in [0.717, 1.165) is 155 Å². The quantitative estimate of drug-likeness (QED) is 0.148. The molecule has 0 aliphatic heterocycles. The van der Waals surface area contributed by atoms with Gasteiger partial charge in [0, 0.05) is 66.3 Å². The van der Waals surface area contributed by atoms with Crippen LogP contribution >= 0.6 is 0 Å². The number of furan rings is 4. The van der Waals surface area contributed by atoms with E-state index in [9.17, 15) is 0 Å². The third kappa shape index (κ3) is 6.63. The van der Waals surface area contributed by atoms with E-state index in [0.29, 0.717) is 0 Å². The predicted molar refractivity (Wildman–Crippen MR) is 340 cm³/mol. The van der Waals surface area contributed by atoms with Gasteiger partial charge in [-0.1, -0.05) is 164 Å². The number of fused-ring (bicyclic) bond motifs is 18. The summed E-state index contributed by atoms with van der Waals surface area (Å²) >= 11 is 0. The molecule has 382 valence electrons. The lowest BCUT2D eigenvalue weighted by atomic mass is 9.98. The maximum atomic E-state index is 6.92. The van der Waals surface area contributed by atoms with Crippen LogP contribution in [0.15, 0.2) is 285 Å². The van der Waals surface area contributed by atoms with Crippen LogP contribution in [0.2, 0.25) is 0 Å². The summed E-state index contributed by atoms with van der Waals surface area (Å²) in [4.78, 5) is 4.73. The zero-order chi connectivity index (χ0) is 53.6. The Labute approximate surface area is 468 Å².